The zero-order valence-electron chi connectivity index (χ0n) is 15.6. The number of nitrogens with zero attached hydrogens (tertiary/aromatic N) is 2. The number of ether oxygens (including phenoxy) is 2. The minimum atomic E-state index is -1.06. The lowest BCUT2D eigenvalue weighted by molar-refractivity contribution is -0.156. The molecule has 1 saturated heterocycles. The molecule has 2 aliphatic heterocycles. The summed E-state index contributed by atoms with van der Waals surface area (Å²) in [7, 11) is 0. The molecule has 0 bridgehead atoms. The molecule has 1 aromatic carbocycles. The number of hydrogen-bond donors (Lipinski definition) is 0. The fourth-order valence-corrected chi connectivity index (χ4v) is 3.66. The molecule has 2 aliphatic rings. The topological polar surface area (TPSA) is 93.2 Å². The molecule has 0 unspecified atom stereocenters. The third-order valence-corrected chi connectivity index (χ3v) is 5.35. The van der Waals surface area contributed by atoms with E-state index in [9.17, 15) is 19.2 Å². The van der Waals surface area contributed by atoms with Gasteiger partial charge in [0.2, 0.25) is 0 Å². The van der Waals surface area contributed by atoms with Crippen molar-refractivity contribution < 1.29 is 28.7 Å². The number of morpholine rings is 1. The molecule has 0 radical (unpaired) electrons. The van der Waals surface area contributed by atoms with Crippen molar-refractivity contribution in [3.8, 4) is 0 Å². The molecule has 0 N–H and O–H groups in total. The Balaban J connectivity index is 1.69. The van der Waals surface area contributed by atoms with Gasteiger partial charge in [0.25, 0.3) is 17.7 Å². The molecule has 1 aromatic rings. The van der Waals surface area contributed by atoms with Crippen LogP contribution in [0.15, 0.2) is 24.3 Å². The first kappa shape index (κ1) is 20.3. The Labute approximate surface area is 167 Å². The van der Waals surface area contributed by atoms with Crippen LogP contribution in [-0.2, 0) is 19.1 Å². The van der Waals surface area contributed by atoms with Gasteiger partial charge in [-0.2, -0.15) is 11.8 Å². The summed E-state index contributed by atoms with van der Waals surface area (Å²) in [5, 5.41) is 0. The molecule has 28 heavy (non-hydrogen) atoms. The number of fused-ring (bicyclic) bond motifs is 1. The lowest BCUT2D eigenvalue weighted by Crippen LogP contribution is -2.47. The Kier molecular flexibility index (Phi) is 6.69. The average Bonchev–Trinajstić information content (AvgIpc) is 2.98. The van der Waals surface area contributed by atoms with Gasteiger partial charge in [0, 0.05) is 13.1 Å². The quantitative estimate of drug-likeness (QED) is 0.489. The minimum absolute atomic E-state index is 0.261. The third-order valence-electron chi connectivity index (χ3n) is 4.71. The van der Waals surface area contributed by atoms with E-state index >= 15 is 0 Å². The molecule has 1 fully saturated rings. The fourth-order valence-electron chi connectivity index (χ4n) is 3.21. The van der Waals surface area contributed by atoms with Gasteiger partial charge in [-0.1, -0.05) is 12.1 Å². The van der Waals surface area contributed by atoms with Crippen LogP contribution in [0, 0.1) is 0 Å². The molecule has 1 atom stereocenters. The van der Waals surface area contributed by atoms with Crippen LogP contribution >= 0.6 is 11.8 Å². The smallest absolute Gasteiger partial charge is 0.329 e. The second kappa shape index (κ2) is 9.20. The Morgan fingerprint density at radius 3 is 2.32 bits per heavy atom. The van der Waals surface area contributed by atoms with Crippen LogP contribution < -0.4 is 0 Å². The van der Waals surface area contributed by atoms with Crippen LogP contribution in [0.25, 0.3) is 0 Å². The lowest BCUT2D eigenvalue weighted by atomic mass is 10.1. The number of benzene rings is 1. The normalized spacial score (nSPS) is 17.5. The summed E-state index contributed by atoms with van der Waals surface area (Å²) in [6.07, 6.45) is 2.13. The molecule has 9 heteroatoms. The van der Waals surface area contributed by atoms with Crippen molar-refractivity contribution in [3.05, 3.63) is 35.4 Å². The van der Waals surface area contributed by atoms with Crippen molar-refractivity contribution in [2.75, 3.05) is 44.9 Å². The van der Waals surface area contributed by atoms with Crippen LogP contribution in [0.1, 0.15) is 27.1 Å². The monoisotopic (exact) mass is 406 g/mol. The highest BCUT2D eigenvalue weighted by Gasteiger charge is 2.43. The molecule has 150 valence electrons. The first-order valence-electron chi connectivity index (χ1n) is 9.02. The van der Waals surface area contributed by atoms with Crippen LogP contribution in [-0.4, -0.2) is 84.5 Å². The predicted molar refractivity (Wildman–Crippen MR) is 102 cm³/mol. The van der Waals surface area contributed by atoms with E-state index in [1.807, 2.05) is 6.26 Å². The van der Waals surface area contributed by atoms with Crippen LogP contribution in [0.2, 0.25) is 0 Å². The third kappa shape index (κ3) is 4.20. The standard InChI is InChI=1S/C19H22N2O6S/c1-28-11-6-15(19(25)27-12-16(22)20-7-9-26-10-8-20)21-17(23)13-4-2-3-5-14(13)18(21)24/h2-5,15H,6-12H2,1H3/t15-/m1/s1. The number of esters is 1. The first-order valence-corrected chi connectivity index (χ1v) is 10.4. The van der Waals surface area contributed by atoms with E-state index in [1.165, 1.54) is 11.8 Å². The second-order valence-corrected chi connectivity index (χ2v) is 7.41. The number of thioether (sulfide) groups is 1. The van der Waals surface area contributed by atoms with Crippen molar-refractivity contribution in [2.45, 2.75) is 12.5 Å². The molecule has 3 rings (SSSR count). The minimum Gasteiger partial charge on any atom is -0.454 e. The molecule has 8 nitrogen and oxygen atoms in total. The molecule has 0 saturated carbocycles. The van der Waals surface area contributed by atoms with Crippen molar-refractivity contribution in [1.29, 1.82) is 0 Å². The molecule has 0 spiro atoms. The van der Waals surface area contributed by atoms with Crippen molar-refractivity contribution in [1.82, 2.24) is 9.80 Å². The molecule has 2 heterocycles. The number of hydrogen-bond acceptors (Lipinski definition) is 7. The van der Waals surface area contributed by atoms with Gasteiger partial charge in [-0.15, -0.1) is 0 Å². The summed E-state index contributed by atoms with van der Waals surface area (Å²) in [6.45, 7) is 1.38. The summed E-state index contributed by atoms with van der Waals surface area (Å²) in [6, 6.07) is 5.41. The summed E-state index contributed by atoms with van der Waals surface area (Å²) >= 11 is 1.49. The number of carbonyl (C=O) groups excluding carboxylic acids is 4. The van der Waals surface area contributed by atoms with Crippen molar-refractivity contribution >= 4 is 35.5 Å². The van der Waals surface area contributed by atoms with E-state index in [2.05, 4.69) is 0 Å². The second-order valence-electron chi connectivity index (χ2n) is 6.42. The van der Waals surface area contributed by atoms with Gasteiger partial charge in [0.05, 0.1) is 24.3 Å². The van der Waals surface area contributed by atoms with E-state index in [4.69, 9.17) is 9.47 Å². The van der Waals surface area contributed by atoms with E-state index in [0.717, 1.165) is 4.90 Å². The Morgan fingerprint density at radius 1 is 1.14 bits per heavy atom. The highest BCUT2D eigenvalue weighted by Crippen LogP contribution is 2.26. The zero-order chi connectivity index (χ0) is 20.1. The van der Waals surface area contributed by atoms with Gasteiger partial charge >= 0.3 is 5.97 Å². The number of carbonyl (C=O) groups is 4. The zero-order valence-corrected chi connectivity index (χ0v) is 16.4. The van der Waals surface area contributed by atoms with E-state index in [-0.39, 0.29) is 23.5 Å². The van der Waals surface area contributed by atoms with Gasteiger partial charge < -0.3 is 14.4 Å². The van der Waals surface area contributed by atoms with Crippen LogP contribution in [0.5, 0.6) is 0 Å². The highest BCUT2D eigenvalue weighted by molar-refractivity contribution is 7.98. The van der Waals surface area contributed by atoms with E-state index in [0.29, 0.717) is 32.1 Å². The van der Waals surface area contributed by atoms with Crippen molar-refractivity contribution in [2.24, 2.45) is 0 Å². The van der Waals surface area contributed by atoms with E-state index < -0.39 is 30.4 Å². The number of imide groups is 1. The largest absolute Gasteiger partial charge is 0.454 e. The van der Waals surface area contributed by atoms with Crippen LogP contribution in [0.4, 0.5) is 0 Å². The highest BCUT2D eigenvalue weighted by atomic mass is 32.2. The Morgan fingerprint density at radius 2 is 1.75 bits per heavy atom. The van der Waals surface area contributed by atoms with Gasteiger partial charge in [-0.05, 0) is 30.6 Å². The molecular weight excluding hydrogens is 384 g/mol. The summed E-state index contributed by atoms with van der Waals surface area (Å²) in [5.41, 5.74) is 0.553. The first-order chi connectivity index (χ1) is 13.5. The molecule has 0 aromatic heterocycles. The molecule has 0 aliphatic carbocycles. The summed E-state index contributed by atoms with van der Waals surface area (Å²) in [5.74, 6) is -1.52. The average molecular weight is 406 g/mol. The molecular formula is C19H22N2O6S. The van der Waals surface area contributed by atoms with Gasteiger partial charge in [0.15, 0.2) is 6.61 Å². The predicted octanol–water partition coefficient (Wildman–Crippen LogP) is 0.806. The SMILES string of the molecule is CSCC[C@H](C(=O)OCC(=O)N1CCOCC1)N1C(=O)c2ccccc2C1=O. The maximum atomic E-state index is 12.7. The number of rotatable bonds is 7. The van der Waals surface area contributed by atoms with Gasteiger partial charge in [-0.3, -0.25) is 19.3 Å². The lowest BCUT2D eigenvalue weighted by Gasteiger charge is -2.28. The Hall–Kier alpha value is -2.39. The molecule has 3 amide bonds. The van der Waals surface area contributed by atoms with Crippen LogP contribution in [0.3, 0.4) is 0 Å². The summed E-state index contributed by atoms with van der Waals surface area (Å²) < 4.78 is 10.4. The fraction of sp³-hybridized carbons (Fsp3) is 0.474. The van der Waals surface area contributed by atoms with Gasteiger partial charge in [-0.25, -0.2) is 4.79 Å². The Bertz CT molecular complexity index is 742. The summed E-state index contributed by atoms with van der Waals surface area (Å²) in [4.78, 5) is 52.8. The number of amides is 3. The van der Waals surface area contributed by atoms with Gasteiger partial charge in [0.1, 0.15) is 6.04 Å². The van der Waals surface area contributed by atoms with Crippen molar-refractivity contribution in [3.63, 3.8) is 0 Å². The van der Waals surface area contributed by atoms with E-state index in [1.54, 1.807) is 29.2 Å². The maximum absolute atomic E-state index is 12.7. The maximum Gasteiger partial charge on any atom is 0.329 e.